The zero-order valence-electron chi connectivity index (χ0n) is 11.2. The van der Waals surface area contributed by atoms with E-state index in [0.29, 0.717) is 0 Å². The lowest BCUT2D eigenvalue weighted by atomic mass is 10.1. The Morgan fingerprint density at radius 1 is 1.06 bits per heavy atom. The molecule has 0 bridgehead atoms. The number of aryl methyl sites for hydroxylation is 2. The molecule has 0 saturated carbocycles. The van der Waals surface area contributed by atoms with Gasteiger partial charge in [-0.15, -0.1) is 24.8 Å². The molecule has 1 aliphatic heterocycles. The topological polar surface area (TPSA) is 24.5 Å². The number of piperazine rings is 1. The molecule has 18 heavy (non-hydrogen) atoms. The fraction of sp³-hybridized carbons (Fsp3) is 0.538. The molecule has 3 nitrogen and oxygen atoms in total. The zero-order chi connectivity index (χ0) is 11.5. The summed E-state index contributed by atoms with van der Waals surface area (Å²) in [4.78, 5) is 2.43. The summed E-state index contributed by atoms with van der Waals surface area (Å²) in [5, 5.41) is 3.37. The molecule has 0 aliphatic carbocycles. The van der Waals surface area contributed by atoms with Crippen molar-refractivity contribution in [2.45, 2.75) is 13.8 Å². The van der Waals surface area contributed by atoms with E-state index in [9.17, 15) is 0 Å². The van der Waals surface area contributed by atoms with E-state index in [1.54, 1.807) is 7.11 Å². The Labute approximate surface area is 122 Å². The highest BCUT2D eigenvalue weighted by Gasteiger charge is 2.13. The van der Waals surface area contributed by atoms with Crippen molar-refractivity contribution in [3.8, 4) is 5.75 Å². The number of nitrogens with one attached hydrogen (secondary N) is 1. The number of benzene rings is 1. The second kappa shape index (κ2) is 7.72. The van der Waals surface area contributed by atoms with Crippen LogP contribution in [0.1, 0.15) is 11.1 Å². The average molecular weight is 293 g/mol. The van der Waals surface area contributed by atoms with E-state index >= 15 is 0 Å². The van der Waals surface area contributed by atoms with Crippen LogP contribution in [0.15, 0.2) is 12.1 Å². The van der Waals surface area contributed by atoms with Gasteiger partial charge in [0.1, 0.15) is 5.75 Å². The number of hydrogen-bond donors (Lipinski definition) is 1. The first kappa shape index (κ1) is 17.4. The van der Waals surface area contributed by atoms with Crippen LogP contribution < -0.4 is 15.0 Å². The van der Waals surface area contributed by atoms with Gasteiger partial charge in [-0.3, -0.25) is 0 Å². The lowest BCUT2D eigenvalue weighted by molar-refractivity contribution is 0.408. The van der Waals surface area contributed by atoms with E-state index in [-0.39, 0.29) is 24.8 Å². The van der Waals surface area contributed by atoms with Crippen molar-refractivity contribution in [3.05, 3.63) is 23.3 Å². The predicted octanol–water partition coefficient (Wildman–Crippen LogP) is 2.57. The zero-order valence-corrected chi connectivity index (χ0v) is 12.8. The molecule has 5 heteroatoms. The lowest BCUT2D eigenvalue weighted by Crippen LogP contribution is -2.43. The van der Waals surface area contributed by atoms with Gasteiger partial charge >= 0.3 is 0 Å². The van der Waals surface area contributed by atoms with Crippen LogP contribution in [-0.2, 0) is 0 Å². The van der Waals surface area contributed by atoms with Crippen LogP contribution in [0.5, 0.6) is 5.75 Å². The maximum atomic E-state index is 5.39. The quantitative estimate of drug-likeness (QED) is 0.907. The van der Waals surface area contributed by atoms with Crippen LogP contribution in [0.25, 0.3) is 0 Å². The lowest BCUT2D eigenvalue weighted by Gasteiger charge is -2.30. The van der Waals surface area contributed by atoms with E-state index in [1.807, 2.05) is 0 Å². The first-order valence-electron chi connectivity index (χ1n) is 5.83. The van der Waals surface area contributed by atoms with E-state index in [0.717, 1.165) is 31.9 Å². The summed E-state index contributed by atoms with van der Waals surface area (Å²) in [6.07, 6.45) is 0. The smallest absolute Gasteiger partial charge is 0.124 e. The van der Waals surface area contributed by atoms with Gasteiger partial charge in [0.25, 0.3) is 0 Å². The van der Waals surface area contributed by atoms with Crippen molar-refractivity contribution in [3.63, 3.8) is 0 Å². The van der Waals surface area contributed by atoms with Gasteiger partial charge in [-0.1, -0.05) is 0 Å². The van der Waals surface area contributed by atoms with Gasteiger partial charge in [-0.2, -0.15) is 0 Å². The van der Waals surface area contributed by atoms with Gasteiger partial charge in [-0.05, 0) is 37.1 Å². The Kier molecular flexibility index (Phi) is 7.45. The first-order chi connectivity index (χ1) is 7.72. The van der Waals surface area contributed by atoms with Gasteiger partial charge in [0.15, 0.2) is 0 Å². The third-order valence-corrected chi connectivity index (χ3v) is 3.13. The van der Waals surface area contributed by atoms with E-state index in [2.05, 4.69) is 36.2 Å². The molecule has 0 aromatic heterocycles. The molecule has 2 rings (SSSR count). The van der Waals surface area contributed by atoms with Gasteiger partial charge in [0, 0.05) is 31.9 Å². The largest absolute Gasteiger partial charge is 0.496 e. The molecule has 1 fully saturated rings. The summed E-state index contributed by atoms with van der Waals surface area (Å²) in [7, 11) is 1.74. The molecule has 1 aromatic carbocycles. The molecule has 1 aliphatic rings. The molecule has 1 N–H and O–H groups in total. The Hall–Kier alpha value is -0.640. The molecule has 1 aromatic rings. The molecule has 1 heterocycles. The standard InChI is InChI=1S/C13H20N2O.2ClH/c1-10-8-12(9-11(2)13(10)16-3)15-6-4-14-5-7-15;;/h8-9,14H,4-7H2,1-3H3;2*1H. The summed E-state index contributed by atoms with van der Waals surface area (Å²) in [5.74, 6) is 1.01. The van der Waals surface area contributed by atoms with Crippen LogP contribution in [0, 0.1) is 13.8 Å². The molecule has 0 unspecified atom stereocenters. The van der Waals surface area contributed by atoms with Crippen molar-refractivity contribution in [2.75, 3.05) is 38.2 Å². The molecule has 0 amide bonds. The van der Waals surface area contributed by atoms with Gasteiger partial charge in [0.05, 0.1) is 7.11 Å². The van der Waals surface area contributed by atoms with Gasteiger partial charge in [0.2, 0.25) is 0 Å². The number of ether oxygens (including phenoxy) is 1. The fourth-order valence-corrected chi connectivity index (χ4v) is 2.35. The highest BCUT2D eigenvalue weighted by molar-refractivity contribution is 5.85. The maximum Gasteiger partial charge on any atom is 0.124 e. The molecule has 1 saturated heterocycles. The van der Waals surface area contributed by atoms with E-state index < -0.39 is 0 Å². The minimum absolute atomic E-state index is 0. The molecule has 104 valence electrons. The molecule has 0 spiro atoms. The van der Waals surface area contributed by atoms with Crippen LogP contribution >= 0.6 is 24.8 Å². The number of anilines is 1. The second-order valence-corrected chi connectivity index (χ2v) is 4.35. The summed E-state index contributed by atoms with van der Waals surface area (Å²) in [6, 6.07) is 4.44. The van der Waals surface area contributed by atoms with Crippen LogP contribution in [0.4, 0.5) is 5.69 Å². The Morgan fingerprint density at radius 2 is 1.56 bits per heavy atom. The summed E-state index contributed by atoms with van der Waals surface area (Å²) in [5.41, 5.74) is 3.75. The maximum absolute atomic E-state index is 5.39. The van der Waals surface area contributed by atoms with Gasteiger partial charge in [-0.25, -0.2) is 0 Å². The SMILES string of the molecule is COc1c(C)cc(N2CCNCC2)cc1C.Cl.Cl. The van der Waals surface area contributed by atoms with Crippen molar-refractivity contribution in [1.29, 1.82) is 0 Å². The summed E-state index contributed by atoms with van der Waals surface area (Å²) in [6.45, 7) is 8.54. The van der Waals surface area contributed by atoms with Crippen molar-refractivity contribution in [2.24, 2.45) is 0 Å². The Balaban J connectivity index is 0.00000144. The number of methoxy groups -OCH3 is 1. The van der Waals surface area contributed by atoms with Crippen molar-refractivity contribution >= 4 is 30.5 Å². The first-order valence-corrected chi connectivity index (χ1v) is 5.83. The fourth-order valence-electron chi connectivity index (χ4n) is 2.35. The Morgan fingerprint density at radius 3 is 2.00 bits per heavy atom. The van der Waals surface area contributed by atoms with E-state index in [1.165, 1.54) is 16.8 Å². The predicted molar refractivity (Wildman–Crippen MR) is 82.0 cm³/mol. The van der Waals surface area contributed by atoms with Crippen molar-refractivity contribution < 1.29 is 4.74 Å². The normalized spacial score (nSPS) is 14.5. The van der Waals surface area contributed by atoms with E-state index in [4.69, 9.17) is 4.74 Å². The molecule has 0 atom stereocenters. The Bertz CT molecular complexity index is 356. The second-order valence-electron chi connectivity index (χ2n) is 4.35. The molecular weight excluding hydrogens is 271 g/mol. The highest BCUT2D eigenvalue weighted by atomic mass is 35.5. The minimum Gasteiger partial charge on any atom is -0.496 e. The number of rotatable bonds is 2. The van der Waals surface area contributed by atoms with Crippen LogP contribution in [0.3, 0.4) is 0 Å². The minimum atomic E-state index is 0. The highest BCUT2D eigenvalue weighted by Crippen LogP contribution is 2.28. The third kappa shape index (κ3) is 3.67. The third-order valence-electron chi connectivity index (χ3n) is 3.13. The van der Waals surface area contributed by atoms with Crippen LogP contribution in [0.2, 0.25) is 0 Å². The monoisotopic (exact) mass is 292 g/mol. The van der Waals surface area contributed by atoms with Crippen molar-refractivity contribution in [1.82, 2.24) is 5.32 Å². The van der Waals surface area contributed by atoms with Crippen LogP contribution in [-0.4, -0.2) is 33.3 Å². The summed E-state index contributed by atoms with van der Waals surface area (Å²) < 4.78 is 5.39. The average Bonchev–Trinajstić information content (AvgIpc) is 2.30. The molecular formula is C13H22Cl2N2O. The van der Waals surface area contributed by atoms with Gasteiger partial charge < -0.3 is 15.0 Å². The number of nitrogens with zero attached hydrogens (tertiary/aromatic N) is 1. The number of hydrogen-bond acceptors (Lipinski definition) is 3. The molecule has 0 radical (unpaired) electrons. The number of halogens is 2. The summed E-state index contributed by atoms with van der Waals surface area (Å²) >= 11 is 0.